The summed E-state index contributed by atoms with van der Waals surface area (Å²) in [6.07, 6.45) is 1.62. The van der Waals surface area contributed by atoms with Gasteiger partial charge in [-0.15, -0.1) is 0 Å². The van der Waals surface area contributed by atoms with Crippen LogP contribution in [0.25, 0.3) is 0 Å². The van der Waals surface area contributed by atoms with Crippen molar-refractivity contribution in [1.82, 2.24) is 0 Å². The van der Waals surface area contributed by atoms with Crippen LogP contribution in [0, 0.1) is 13.8 Å². The lowest BCUT2D eigenvalue weighted by Crippen LogP contribution is -1.96. The number of hydrogen-bond donors (Lipinski definition) is 2. The van der Waals surface area contributed by atoms with Crippen LogP contribution in [0.4, 0.5) is 4.79 Å². The van der Waals surface area contributed by atoms with Crippen LogP contribution in [-0.4, -0.2) is 43.1 Å². The number of benzene rings is 2. The molecule has 0 saturated heterocycles. The van der Waals surface area contributed by atoms with Crippen molar-refractivity contribution < 1.29 is 30.7 Å². The number of rotatable bonds is 2. The summed E-state index contributed by atoms with van der Waals surface area (Å²) in [6.45, 7) is 3.68. The van der Waals surface area contributed by atoms with Gasteiger partial charge in [-0.2, -0.15) is 16.8 Å². The zero-order valence-corrected chi connectivity index (χ0v) is 17.5. The molecule has 8 nitrogen and oxygen atoms in total. The van der Waals surface area contributed by atoms with Gasteiger partial charge in [-0.05, 0) is 38.1 Å². The van der Waals surface area contributed by atoms with Crippen molar-refractivity contribution in [2.24, 2.45) is 4.99 Å². The molecular formula is C17H19NO7S3. The Labute approximate surface area is 168 Å². The molecule has 0 radical (unpaired) electrons. The Morgan fingerprint density at radius 1 is 0.786 bits per heavy atom. The van der Waals surface area contributed by atoms with Crippen LogP contribution < -0.4 is 0 Å². The highest BCUT2D eigenvalue weighted by Crippen LogP contribution is 2.09. The molecule has 1 aliphatic rings. The Balaban J connectivity index is 0.000000219. The van der Waals surface area contributed by atoms with Crippen LogP contribution in [0.3, 0.4) is 0 Å². The number of carbonyl (C=O) groups excluding carboxylic acids is 1. The molecule has 2 N–H and O–H groups in total. The zero-order valence-electron chi connectivity index (χ0n) is 15.0. The summed E-state index contributed by atoms with van der Waals surface area (Å²) < 4.78 is 59.1. The maximum atomic E-state index is 10.5. The van der Waals surface area contributed by atoms with E-state index in [1.165, 1.54) is 36.0 Å². The molecule has 2 aromatic carbocycles. The van der Waals surface area contributed by atoms with Gasteiger partial charge in [-0.3, -0.25) is 13.9 Å². The summed E-state index contributed by atoms with van der Waals surface area (Å²) in [5.41, 5.74) is 1.91. The highest BCUT2D eigenvalue weighted by Gasteiger charge is 2.07. The van der Waals surface area contributed by atoms with E-state index in [9.17, 15) is 21.6 Å². The van der Waals surface area contributed by atoms with E-state index in [-0.39, 0.29) is 15.0 Å². The van der Waals surface area contributed by atoms with Gasteiger partial charge in [0.05, 0.1) is 9.79 Å². The molecule has 1 amide bonds. The molecule has 28 heavy (non-hydrogen) atoms. The Kier molecular flexibility index (Phi) is 8.98. The van der Waals surface area contributed by atoms with Crippen molar-refractivity contribution in [3.8, 4) is 0 Å². The second kappa shape index (κ2) is 10.5. The summed E-state index contributed by atoms with van der Waals surface area (Å²) in [5.74, 6) is 0.763. The van der Waals surface area contributed by atoms with Gasteiger partial charge < -0.3 is 0 Å². The van der Waals surface area contributed by atoms with E-state index >= 15 is 0 Å². The lowest BCUT2D eigenvalue weighted by Gasteiger charge is -1.95. The fourth-order valence-corrected chi connectivity index (χ4v) is 3.08. The molecule has 0 aliphatic carbocycles. The Hall–Kier alpha value is -2.05. The standard InChI is InChI=1S/2C7H8O3S.C3H3NOS/c2*1-6-2-4-7(5-3-6)11(8,9)10;5-3-4-1-2-6-3/h2*2-5H,1H3,(H,8,9,10);1H,2H2. The topological polar surface area (TPSA) is 138 Å². The normalized spacial score (nSPS) is 13.2. The molecule has 0 spiro atoms. The summed E-state index contributed by atoms with van der Waals surface area (Å²) >= 11 is 1.24. The third-order valence-corrected chi connectivity index (χ3v) is 5.52. The van der Waals surface area contributed by atoms with Crippen molar-refractivity contribution in [3.05, 3.63) is 59.7 Å². The molecule has 0 atom stereocenters. The van der Waals surface area contributed by atoms with Crippen LogP contribution in [0.15, 0.2) is 63.3 Å². The summed E-state index contributed by atoms with van der Waals surface area (Å²) in [6, 6.07) is 12.0. The first-order chi connectivity index (χ1) is 12.9. The van der Waals surface area contributed by atoms with Crippen molar-refractivity contribution in [1.29, 1.82) is 0 Å². The highest BCUT2D eigenvalue weighted by atomic mass is 32.2. The van der Waals surface area contributed by atoms with Crippen LogP contribution in [0.5, 0.6) is 0 Å². The lowest BCUT2D eigenvalue weighted by molar-refractivity contribution is 0.268. The molecule has 0 aromatic heterocycles. The SMILES string of the molecule is Cc1ccc(S(=O)(=O)O)cc1.Cc1ccc(S(=O)(=O)O)cc1.O=C1N=CCS1. The second-order valence-electron chi connectivity index (χ2n) is 5.46. The number of thioether (sulfide) groups is 1. The van der Waals surface area contributed by atoms with Gasteiger partial charge in [0, 0.05) is 12.0 Å². The number of amides is 1. The number of nitrogens with zero attached hydrogens (tertiary/aromatic N) is 1. The first-order valence-corrected chi connectivity index (χ1v) is 11.5. The number of carbonyl (C=O) groups is 1. The predicted molar refractivity (Wildman–Crippen MR) is 108 cm³/mol. The van der Waals surface area contributed by atoms with Crippen molar-refractivity contribution in [2.75, 3.05) is 5.75 Å². The molecule has 0 fully saturated rings. The minimum absolute atomic E-state index is 0.0602. The van der Waals surface area contributed by atoms with E-state index in [2.05, 4.69) is 4.99 Å². The van der Waals surface area contributed by atoms with Gasteiger partial charge in [0.1, 0.15) is 0 Å². The van der Waals surface area contributed by atoms with Gasteiger partial charge in [0.25, 0.3) is 20.2 Å². The Bertz CT molecular complexity index is 954. The van der Waals surface area contributed by atoms with Gasteiger partial charge in [-0.1, -0.05) is 47.2 Å². The van der Waals surface area contributed by atoms with E-state index in [0.29, 0.717) is 0 Å². The maximum Gasteiger partial charge on any atom is 0.304 e. The minimum atomic E-state index is -4.02. The van der Waals surface area contributed by atoms with Crippen molar-refractivity contribution in [3.63, 3.8) is 0 Å². The van der Waals surface area contributed by atoms with Crippen LogP contribution in [-0.2, 0) is 20.2 Å². The largest absolute Gasteiger partial charge is 0.304 e. The molecule has 0 bridgehead atoms. The molecule has 1 heterocycles. The van der Waals surface area contributed by atoms with Crippen LogP contribution >= 0.6 is 11.8 Å². The Morgan fingerprint density at radius 3 is 1.32 bits per heavy atom. The number of aryl methyl sites for hydroxylation is 2. The molecule has 0 saturated carbocycles. The predicted octanol–water partition coefficient (Wildman–Crippen LogP) is 3.41. The van der Waals surface area contributed by atoms with E-state index in [1.54, 1.807) is 30.5 Å². The fourth-order valence-electron chi connectivity index (χ4n) is 1.68. The minimum Gasteiger partial charge on any atom is -0.282 e. The van der Waals surface area contributed by atoms with Gasteiger partial charge >= 0.3 is 5.24 Å². The molecule has 1 aliphatic heterocycles. The fraction of sp³-hybridized carbons (Fsp3) is 0.176. The zero-order chi connectivity index (χ0) is 21.4. The third-order valence-electron chi connectivity index (χ3n) is 3.12. The van der Waals surface area contributed by atoms with Gasteiger partial charge in [0.15, 0.2) is 0 Å². The highest BCUT2D eigenvalue weighted by molar-refractivity contribution is 8.14. The van der Waals surface area contributed by atoms with Crippen LogP contribution in [0.1, 0.15) is 11.1 Å². The summed E-state index contributed by atoms with van der Waals surface area (Å²) in [7, 11) is -8.04. The lowest BCUT2D eigenvalue weighted by atomic mass is 10.2. The van der Waals surface area contributed by atoms with E-state index in [0.717, 1.165) is 16.9 Å². The first kappa shape index (κ1) is 24.0. The van der Waals surface area contributed by atoms with Crippen molar-refractivity contribution in [2.45, 2.75) is 23.6 Å². The van der Waals surface area contributed by atoms with Gasteiger partial charge in [0.2, 0.25) is 0 Å². The van der Waals surface area contributed by atoms with Crippen molar-refractivity contribution >= 4 is 43.5 Å². The number of hydrogen-bond acceptors (Lipinski definition) is 6. The summed E-state index contributed by atoms with van der Waals surface area (Å²) in [4.78, 5) is 13.3. The smallest absolute Gasteiger partial charge is 0.282 e. The average Bonchev–Trinajstić information content (AvgIpc) is 3.06. The van der Waals surface area contributed by atoms with E-state index < -0.39 is 20.2 Å². The third kappa shape index (κ3) is 9.24. The molecule has 11 heteroatoms. The quantitative estimate of drug-likeness (QED) is 0.671. The molecule has 0 unspecified atom stereocenters. The van der Waals surface area contributed by atoms with E-state index in [4.69, 9.17) is 9.11 Å². The maximum absolute atomic E-state index is 10.5. The number of aliphatic imine (C=N–C) groups is 1. The first-order valence-electron chi connectivity index (χ1n) is 7.67. The van der Waals surface area contributed by atoms with E-state index in [1.807, 2.05) is 13.8 Å². The van der Waals surface area contributed by atoms with Gasteiger partial charge in [-0.25, -0.2) is 4.99 Å². The van der Waals surface area contributed by atoms with Crippen LogP contribution in [0.2, 0.25) is 0 Å². The molecular weight excluding hydrogens is 426 g/mol. The average molecular weight is 446 g/mol. The second-order valence-corrected chi connectivity index (χ2v) is 9.28. The summed E-state index contributed by atoms with van der Waals surface area (Å²) in [5, 5.41) is -0.0602. The molecule has 3 rings (SSSR count). The molecule has 152 valence electrons. The monoisotopic (exact) mass is 445 g/mol. The molecule has 2 aromatic rings. The Morgan fingerprint density at radius 2 is 1.14 bits per heavy atom.